The number of hydrogen-bond acceptors (Lipinski definition) is 3. The zero-order chi connectivity index (χ0) is 25.1. The summed E-state index contributed by atoms with van der Waals surface area (Å²) in [7, 11) is 0. The van der Waals surface area contributed by atoms with Gasteiger partial charge in [-0.2, -0.15) is 26.3 Å². The maximum atomic E-state index is 13.1. The van der Waals surface area contributed by atoms with E-state index < -0.39 is 30.0 Å². The summed E-state index contributed by atoms with van der Waals surface area (Å²) in [4.78, 5) is 13.0. The standard InChI is InChI=1S/C24H32F6N2O2/c1-3-4-16-9-19(32-21-5-6-34-13-14(21)2)11-20(16)22(33)31-12-15-7-17(23(25,26)27)10-18(8-15)24(28,29)30/h7-8,10,14,16,19-21,32H,3-6,9,11-13H2,1-2H3,(H,31,33)/t14?,16?,19-,20-,21?/m1/s1. The van der Waals surface area contributed by atoms with Crippen LogP contribution in [0.15, 0.2) is 18.2 Å². The van der Waals surface area contributed by atoms with Crippen LogP contribution in [-0.2, 0) is 28.4 Å². The van der Waals surface area contributed by atoms with Gasteiger partial charge >= 0.3 is 12.4 Å². The van der Waals surface area contributed by atoms with E-state index in [9.17, 15) is 31.1 Å². The van der Waals surface area contributed by atoms with Gasteiger partial charge < -0.3 is 15.4 Å². The second-order valence-corrected chi connectivity index (χ2v) is 9.57. The van der Waals surface area contributed by atoms with Gasteiger partial charge in [0.15, 0.2) is 0 Å². The zero-order valence-corrected chi connectivity index (χ0v) is 19.4. The molecule has 1 saturated carbocycles. The molecule has 34 heavy (non-hydrogen) atoms. The van der Waals surface area contributed by atoms with Gasteiger partial charge in [0, 0.05) is 31.2 Å². The van der Waals surface area contributed by atoms with Gasteiger partial charge in [0.1, 0.15) is 0 Å². The Kier molecular flexibility index (Phi) is 8.55. The van der Waals surface area contributed by atoms with Crippen LogP contribution in [0.25, 0.3) is 0 Å². The van der Waals surface area contributed by atoms with Crippen LogP contribution in [0.4, 0.5) is 26.3 Å². The molecule has 1 aliphatic carbocycles. The molecule has 2 fully saturated rings. The Morgan fingerprint density at radius 1 is 1.06 bits per heavy atom. The number of carbonyl (C=O) groups excluding carboxylic acids is 1. The van der Waals surface area contributed by atoms with E-state index in [4.69, 9.17) is 4.74 Å². The number of rotatable bonds is 7. The van der Waals surface area contributed by atoms with Crippen molar-refractivity contribution in [2.45, 2.75) is 76.9 Å². The van der Waals surface area contributed by atoms with Crippen molar-refractivity contribution in [3.63, 3.8) is 0 Å². The molecule has 3 unspecified atom stereocenters. The third-order valence-electron chi connectivity index (χ3n) is 6.90. The number of alkyl halides is 6. The van der Waals surface area contributed by atoms with E-state index >= 15 is 0 Å². The van der Waals surface area contributed by atoms with E-state index in [1.165, 1.54) is 0 Å². The van der Waals surface area contributed by atoms with Gasteiger partial charge in [0.2, 0.25) is 5.91 Å². The highest BCUT2D eigenvalue weighted by atomic mass is 19.4. The molecular formula is C24H32F6N2O2. The lowest BCUT2D eigenvalue weighted by Gasteiger charge is -2.32. The summed E-state index contributed by atoms with van der Waals surface area (Å²) in [6.45, 7) is 5.12. The van der Waals surface area contributed by atoms with E-state index in [0.717, 1.165) is 25.7 Å². The number of amides is 1. The van der Waals surface area contributed by atoms with Gasteiger partial charge in [0.05, 0.1) is 17.7 Å². The van der Waals surface area contributed by atoms with Crippen molar-refractivity contribution in [2.24, 2.45) is 17.8 Å². The molecular weight excluding hydrogens is 462 g/mol. The molecule has 1 aromatic carbocycles. The van der Waals surface area contributed by atoms with Crippen LogP contribution < -0.4 is 10.6 Å². The lowest BCUT2D eigenvalue weighted by Crippen LogP contribution is -2.45. The van der Waals surface area contributed by atoms with Crippen LogP contribution in [0.2, 0.25) is 0 Å². The average molecular weight is 495 g/mol. The molecule has 1 aliphatic heterocycles. The maximum Gasteiger partial charge on any atom is 0.416 e. The first-order chi connectivity index (χ1) is 15.9. The first-order valence-corrected chi connectivity index (χ1v) is 11.8. The molecule has 2 aliphatic rings. The van der Waals surface area contributed by atoms with Crippen LogP contribution >= 0.6 is 0 Å². The molecule has 2 N–H and O–H groups in total. The molecule has 1 heterocycles. The molecule has 4 nitrogen and oxygen atoms in total. The second-order valence-electron chi connectivity index (χ2n) is 9.57. The first-order valence-electron chi connectivity index (χ1n) is 11.8. The molecule has 0 aromatic heterocycles. The summed E-state index contributed by atoms with van der Waals surface area (Å²) in [5.74, 6) is -0.186. The molecule has 10 heteroatoms. The number of ether oxygens (including phenoxy) is 1. The molecule has 3 rings (SSSR count). The van der Waals surface area contributed by atoms with E-state index in [2.05, 4.69) is 17.6 Å². The van der Waals surface area contributed by atoms with E-state index in [0.29, 0.717) is 43.7 Å². The second kappa shape index (κ2) is 10.8. The first kappa shape index (κ1) is 26.8. The number of benzene rings is 1. The van der Waals surface area contributed by atoms with Crippen LogP contribution in [-0.4, -0.2) is 31.2 Å². The van der Waals surface area contributed by atoms with Gasteiger partial charge in [-0.1, -0.05) is 20.3 Å². The summed E-state index contributed by atoms with van der Waals surface area (Å²) >= 11 is 0. The van der Waals surface area contributed by atoms with Crippen LogP contribution in [0.3, 0.4) is 0 Å². The largest absolute Gasteiger partial charge is 0.416 e. The topological polar surface area (TPSA) is 50.4 Å². The Hall–Kier alpha value is -1.81. The van der Waals surface area contributed by atoms with Crippen molar-refractivity contribution in [3.05, 3.63) is 34.9 Å². The average Bonchev–Trinajstić information content (AvgIpc) is 3.15. The maximum absolute atomic E-state index is 13.1. The number of carbonyl (C=O) groups is 1. The quantitative estimate of drug-likeness (QED) is 0.489. The third kappa shape index (κ3) is 6.87. The fraction of sp³-hybridized carbons (Fsp3) is 0.708. The summed E-state index contributed by atoms with van der Waals surface area (Å²) in [6.07, 6.45) is -5.81. The normalized spacial score (nSPS) is 28.2. The van der Waals surface area contributed by atoms with Crippen molar-refractivity contribution in [1.82, 2.24) is 10.6 Å². The minimum Gasteiger partial charge on any atom is -0.381 e. The van der Waals surface area contributed by atoms with Crippen molar-refractivity contribution in [3.8, 4) is 0 Å². The van der Waals surface area contributed by atoms with Crippen molar-refractivity contribution in [1.29, 1.82) is 0 Å². The fourth-order valence-electron chi connectivity index (χ4n) is 5.14. The summed E-state index contributed by atoms with van der Waals surface area (Å²) in [5.41, 5.74) is -3.00. The Morgan fingerprint density at radius 3 is 2.26 bits per heavy atom. The number of halogens is 6. The van der Waals surface area contributed by atoms with Gasteiger partial charge in [-0.25, -0.2) is 0 Å². The predicted octanol–water partition coefficient (Wildman–Crippen LogP) is 5.55. The van der Waals surface area contributed by atoms with Crippen molar-refractivity contribution in [2.75, 3.05) is 13.2 Å². The van der Waals surface area contributed by atoms with Gasteiger partial charge in [-0.15, -0.1) is 0 Å². The summed E-state index contributed by atoms with van der Waals surface area (Å²) in [5, 5.41) is 6.25. The van der Waals surface area contributed by atoms with Crippen LogP contribution in [0.5, 0.6) is 0 Å². The highest BCUT2D eigenvalue weighted by Gasteiger charge is 2.40. The monoisotopic (exact) mass is 494 g/mol. The summed E-state index contributed by atoms with van der Waals surface area (Å²) in [6, 6.07) is 1.85. The Labute approximate surface area is 195 Å². The van der Waals surface area contributed by atoms with Crippen LogP contribution in [0, 0.1) is 17.8 Å². The number of hydrogen-bond donors (Lipinski definition) is 2. The molecule has 1 amide bonds. The van der Waals surface area contributed by atoms with Gasteiger partial charge in [-0.3, -0.25) is 4.79 Å². The minimum absolute atomic E-state index is 0.0904. The van der Waals surface area contributed by atoms with Gasteiger partial charge in [0.25, 0.3) is 0 Å². The molecule has 192 valence electrons. The molecule has 1 saturated heterocycles. The zero-order valence-electron chi connectivity index (χ0n) is 19.4. The fourth-order valence-corrected chi connectivity index (χ4v) is 5.14. The van der Waals surface area contributed by atoms with Gasteiger partial charge in [-0.05, 0) is 61.3 Å². The minimum atomic E-state index is -4.92. The Morgan fingerprint density at radius 2 is 1.71 bits per heavy atom. The van der Waals surface area contributed by atoms with E-state index in [1.807, 2.05) is 6.92 Å². The lowest BCUT2D eigenvalue weighted by molar-refractivity contribution is -0.143. The molecule has 5 atom stereocenters. The molecule has 1 aromatic rings. The van der Waals surface area contributed by atoms with E-state index in [1.54, 1.807) is 0 Å². The highest BCUT2D eigenvalue weighted by Crippen LogP contribution is 2.38. The Bertz CT molecular complexity index is 809. The molecule has 0 radical (unpaired) electrons. The molecule has 0 bridgehead atoms. The summed E-state index contributed by atoms with van der Waals surface area (Å²) < 4.78 is 84.1. The Balaban J connectivity index is 1.68. The van der Waals surface area contributed by atoms with Crippen molar-refractivity contribution >= 4 is 5.91 Å². The lowest BCUT2D eigenvalue weighted by atomic mass is 9.91. The SMILES string of the molecule is CCCC1C[C@@H](NC2CCOCC2C)C[C@H]1C(=O)NCc1cc(C(F)(F)F)cc(C(F)(F)F)c1. The van der Waals surface area contributed by atoms with Crippen molar-refractivity contribution < 1.29 is 35.9 Å². The highest BCUT2D eigenvalue weighted by molar-refractivity contribution is 5.79. The number of nitrogens with one attached hydrogen (secondary N) is 2. The van der Waals surface area contributed by atoms with E-state index in [-0.39, 0.29) is 35.4 Å². The molecule has 0 spiro atoms. The smallest absolute Gasteiger partial charge is 0.381 e. The predicted molar refractivity (Wildman–Crippen MR) is 115 cm³/mol. The third-order valence-corrected chi connectivity index (χ3v) is 6.90. The van der Waals surface area contributed by atoms with Crippen LogP contribution in [0.1, 0.15) is 62.6 Å².